The molecule has 2 aromatic rings. The molecule has 0 atom stereocenters. The quantitative estimate of drug-likeness (QED) is 0.605. The zero-order valence-electron chi connectivity index (χ0n) is 20.7. The molecule has 184 valence electrons. The lowest BCUT2D eigenvalue weighted by molar-refractivity contribution is 0.171. The van der Waals surface area contributed by atoms with Crippen molar-refractivity contribution in [3.8, 4) is 17.2 Å². The van der Waals surface area contributed by atoms with Crippen LogP contribution in [-0.2, 0) is 19.4 Å². The summed E-state index contributed by atoms with van der Waals surface area (Å²) in [7, 11) is 5.80. The Morgan fingerprint density at radius 1 is 1.09 bits per heavy atom. The van der Waals surface area contributed by atoms with Gasteiger partial charge in [0.05, 0.1) is 12.8 Å². The summed E-state index contributed by atoms with van der Waals surface area (Å²) in [5, 5.41) is 6.95. The molecule has 1 aromatic heterocycles. The highest BCUT2D eigenvalue weighted by atomic mass is 16.7. The molecule has 8 heteroatoms. The van der Waals surface area contributed by atoms with E-state index >= 15 is 0 Å². The van der Waals surface area contributed by atoms with Crippen LogP contribution >= 0.6 is 0 Å². The minimum Gasteiger partial charge on any atom is -0.493 e. The Balaban J connectivity index is 1.13. The normalized spacial score (nSPS) is 21.1. The van der Waals surface area contributed by atoms with E-state index in [9.17, 15) is 0 Å². The van der Waals surface area contributed by atoms with Crippen molar-refractivity contribution in [1.82, 2.24) is 15.3 Å². The van der Waals surface area contributed by atoms with Gasteiger partial charge in [-0.2, -0.15) is 4.98 Å². The van der Waals surface area contributed by atoms with Crippen molar-refractivity contribution in [3.63, 3.8) is 0 Å². The van der Waals surface area contributed by atoms with Crippen LogP contribution in [0.4, 0.5) is 11.8 Å². The molecular formula is C26H37N5O3. The van der Waals surface area contributed by atoms with Gasteiger partial charge in [-0.15, -0.1) is 0 Å². The summed E-state index contributed by atoms with van der Waals surface area (Å²) in [6, 6.07) is 4.58. The van der Waals surface area contributed by atoms with E-state index in [1.165, 1.54) is 49.8 Å². The van der Waals surface area contributed by atoms with Gasteiger partial charge < -0.3 is 29.7 Å². The van der Waals surface area contributed by atoms with Gasteiger partial charge in [0, 0.05) is 32.2 Å². The molecule has 1 saturated carbocycles. The fraction of sp³-hybridized carbons (Fsp3) is 0.615. The van der Waals surface area contributed by atoms with Gasteiger partial charge in [-0.25, -0.2) is 4.98 Å². The minimum absolute atomic E-state index is 0.257. The lowest BCUT2D eigenvalue weighted by Gasteiger charge is -2.35. The smallest absolute Gasteiger partial charge is 0.231 e. The number of nitrogens with zero attached hydrogens (tertiary/aromatic N) is 3. The molecule has 1 aromatic carbocycles. The van der Waals surface area contributed by atoms with Gasteiger partial charge in [0.1, 0.15) is 5.82 Å². The van der Waals surface area contributed by atoms with E-state index in [0.717, 1.165) is 54.8 Å². The average Bonchev–Trinajstić information content (AvgIpc) is 3.36. The van der Waals surface area contributed by atoms with E-state index in [-0.39, 0.29) is 6.79 Å². The van der Waals surface area contributed by atoms with Crippen LogP contribution in [0.2, 0.25) is 0 Å². The maximum absolute atomic E-state index is 5.54. The third-order valence-electron chi connectivity index (χ3n) is 7.57. The molecule has 0 radical (unpaired) electrons. The lowest BCUT2D eigenvalue weighted by Crippen LogP contribution is -2.38. The number of rotatable bonds is 8. The summed E-state index contributed by atoms with van der Waals surface area (Å²) < 4.78 is 16.5. The Bertz CT molecular complexity index is 989. The van der Waals surface area contributed by atoms with Gasteiger partial charge in [0.2, 0.25) is 18.5 Å². The van der Waals surface area contributed by atoms with Crippen molar-refractivity contribution < 1.29 is 14.2 Å². The van der Waals surface area contributed by atoms with Gasteiger partial charge in [0.25, 0.3) is 0 Å². The van der Waals surface area contributed by atoms with Crippen LogP contribution in [-0.4, -0.2) is 50.6 Å². The zero-order chi connectivity index (χ0) is 23.5. The summed E-state index contributed by atoms with van der Waals surface area (Å²) >= 11 is 0. The van der Waals surface area contributed by atoms with Crippen LogP contribution in [0, 0.1) is 5.92 Å². The number of ether oxygens (including phenoxy) is 3. The van der Waals surface area contributed by atoms with Crippen LogP contribution < -0.4 is 29.7 Å². The second-order valence-corrected chi connectivity index (χ2v) is 9.70. The molecule has 0 spiro atoms. The summed E-state index contributed by atoms with van der Waals surface area (Å²) in [4.78, 5) is 12.2. The van der Waals surface area contributed by atoms with E-state index in [2.05, 4.69) is 22.6 Å². The molecule has 0 bridgehead atoms. The Morgan fingerprint density at radius 2 is 1.91 bits per heavy atom. The number of hydrogen-bond acceptors (Lipinski definition) is 8. The molecule has 5 rings (SSSR count). The number of nitrogens with one attached hydrogen (secondary N) is 2. The van der Waals surface area contributed by atoms with Gasteiger partial charge in [-0.1, -0.05) is 0 Å². The molecule has 8 nitrogen and oxygen atoms in total. The van der Waals surface area contributed by atoms with E-state index in [1.807, 2.05) is 19.2 Å². The van der Waals surface area contributed by atoms with Crippen molar-refractivity contribution in [3.05, 3.63) is 29.0 Å². The molecule has 2 heterocycles. The van der Waals surface area contributed by atoms with Crippen molar-refractivity contribution in [2.75, 3.05) is 44.8 Å². The molecule has 3 aliphatic rings. The van der Waals surface area contributed by atoms with E-state index in [1.54, 1.807) is 7.11 Å². The molecule has 34 heavy (non-hydrogen) atoms. The van der Waals surface area contributed by atoms with Crippen LogP contribution in [0.3, 0.4) is 0 Å². The summed E-state index contributed by atoms with van der Waals surface area (Å²) in [5.41, 5.74) is 3.71. The number of aromatic nitrogens is 2. The summed E-state index contributed by atoms with van der Waals surface area (Å²) in [5.74, 6) is 4.80. The van der Waals surface area contributed by atoms with E-state index in [0.29, 0.717) is 17.7 Å². The number of methoxy groups -OCH3 is 1. The topological polar surface area (TPSA) is 80.8 Å². The molecule has 2 aliphatic carbocycles. The summed E-state index contributed by atoms with van der Waals surface area (Å²) in [6.45, 7) is 2.07. The second-order valence-electron chi connectivity index (χ2n) is 9.70. The van der Waals surface area contributed by atoms with E-state index in [4.69, 9.17) is 24.2 Å². The predicted octanol–water partition coefficient (Wildman–Crippen LogP) is 3.92. The number of fused-ring (bicyclic) bond motifs is 2. The molecule has 2 N–H and O–H groups in total. The first-order valence-electron chi connectivity index (χ1n) is 12.6. The highest BCUT2D eigenvalue weighted by Crippen LogP contribution is 2.41. The van der Waals surface area contributed by atoms with Crippen LogP contribution in [0.15, 0.2) is 12.1 Å². The van der Waals surface area contributed by atoms with Gasteiger partial charge in [-0.3, -0.25) is 0 Å². The van der Waals surface area contributed by atoms with Gasteiger partial charge in [-0.05, 0) is 81.5 Å². The number of aryl methyl sites for hydroxylation is 1. The maximum Gasteiger partial charge on any atom is 0.231 e. The third kappa shape index (κ3) is 4.73. The Labute approximate surface area is 202 Å². The minimum atomic E-state index is 0.257. The first-order valence-corrected chi connectivity index (χ1v) is 12.6. The largest absolute Gasteiger partial charge is 0.493 e. The third-order valence-corrected chi connectivity index (χ3v) is 7.57. The molecule has 0 saturated heterocycles. The molecule has 0 unspecified atom stereocenters. The lowest BCUT2D eigenvalue weighted by atomic mass is 9.85. The highest BCUT2D eigenvalue weighted by molar-refractivity contribution is 5.55. The zero-order valence-corrected chi connectivity index (χ0v) is 20.7. The Hall–Kier alpha value is -2.74. The molecule has 1 aliphatic heterocycles. The van der Waals surface area contributed by atoms with Gasteiger partial charge >= 0.3 is 0 Å². The first kappa shape index (κ1) is 23.0. The van der Waals surface area contributed by atoms with Crippen LogP contribution in [0.5, 0.6) is 17.2 Å². The number of hydrogen-bond donors (Lipinski definition) is 2. The first-order chi connectivity index (χ1) is 16.7. The Kier molecular flexibility index (Phi) is 6.94. The second kappa shape index (κ2) is 10.3. The molecule has 0 amide bonds. The van der Waals surface area contributed by atoms with Crippen LogP contribution in [0.25, 0.3) is 0 Å². The number of anilines is 2. The molecule has 1 fully saturated rings. The average molecular weight is 468 g/mol. The molecular weight excluding hydrogens is 430 g/mol. The fourth-order valence-electron chi connectivity index (χ4n) is 5.55. The standard InChI is InChI=1S/C26H37N5O3/c1-27-25-20-6-4-5-7-21(20)29-26(30-25)31(2)19-10-8-17(9-11-19)14-28-15-18-12-22(32-3)24-23(13-18)33-16-34-24/h12-13,17,19,28H,4-11,14-16H2,1-3H3,(H,27,29,30). The van der Waals surface area contributed by atoms with Crippen molar-refractivity contribution in [1.29, 1.82) is 0 Å². The van der Waals surface area contributed by atoms with Crippen molar-refractivity contribution in [2.45, 2.75) is 64.0 Å². The summed E-state index contributed by atoms with van der Waals surface area (Å²) in [6.07, 6.45) is 9.42. The predicted molar refractivity (Wildman–Crippen MR) is 133 cm³/mol. The monoisotopic (exact) mass is 467 g/mol. The van der Waals surface area contributed by atoms with E-state index < -0.39 is 0 Å². The number of benzene rings is 1. The Morgan fingerprint density at radius 3 is 2.71 bits per heavy atom. The fourth-order valence-corrected chi connectivity index (χ4v) is 5.55. The van der Waals surface area contributed by atoms with Crippen LogP contribution in [0.1, 0.15) is 55.3 Å². The van der Waals surface area contributed by atoms with Gasteiger partial charge in [0.15, 0.2) is 11.5 Å². The SMILES string of the molecule is CNc1nc(N(C)C2CCC(CNCc3cc(OC)c4c(c3)OCO4)CC2)nc2c1CCCC2. The van der Waals surface area contributed by atoms with Crippen molar-refractivity contribution >= 4 is 11.8 Å². The maximum atomic E-state index is 5.54. The van der Waals surface area contributed by atoms with Crippen molar-refractivity contribution in [2.24, 2.45) is 5.92 Å². The highest BCUT2D eigenvalue weighted by Gasteiger charge is 2.27.